The Hall–Kier alpha value is -2.82. The maximum atomic E-state index is 12.5. The van der Waals surface area contributed by atoms with E-state index in [0.29, 0.717) is 19.5 Å². The zero-order valence-corrected chi connectivity index (χ0v) is 13.6. The molecule has 1 N–H and O–H groups in total. The molecule has 0 unspecified atom stereocenters. The average Bonchev–Trinajstić information content (AvgIpc) is 3.02. The van der Waals surface area contributed by atoms with Gasteiger partial charge in [-0.25, -0.2) is 0 Å². The van der Waals surface area contributed by atoms with Crippen molar-refractivity contribution in [1.82, 2.24) is 5.32 Å². The SMILES string of the molecule is COc1ccccc1CNC(=O)[C@H]1CCN(c2ccccc2)C1=O. The summed E-state index contributed by atoms with van der Waals surface area (Å²) in [5.41, 5.74) is 1.72. The maximum Gasteiger partial charge on any atom is 0.239 e. The molecule has 124 valence electrons. The first kappa shape index (κ1) is 16.1. The van der Waals surface area contributed by atoms with Gasteiger partial charge in [0.05, 0.1) is 7.11 Å². The number of amides is 2. The van der Waals surface area contributed by atoms with E-state index in [9.17, 15) is 9.59 Å². The van der Waals surface area contributed by atoms with Crippen LogP contribution in [-0.2, 0) is 16.1 Å². The number of ether oxygens (including phenoxy) is 1. The lowest BCUT2D eigenvalue weighted by molar-refractivity contribution is -0.132. The normalized spacial score (nSPS) is 17.0. The molecule has 1 aliphatic rings. The van der Waals surface area contributed by atoms with E-state index in [-0.39, 0.29) is 11.8 Å². The summed E-state index contributed by atoms with van der Waals surface area (Å²) in [6.07, 6.45) is 0.533. The lowest BCUT2D eigenvalue weighted by Gasteiger charge is -2.16. The van der Waals surface area contributed by atoms with E-state index >= 15 is 0 Å². The smallest absolute Gasteiger partial charge is 0.239 e. The molecule has 5 heteroatoms. The fraction of sp³-hybridized carbons (Fsp3) is 0.263. The minimum absolute atomic E-state index is 0.140. The molecule has 1 fully saturated rings. The van der Waals surface area contributed by atoms with Crippen LogP contribution in [0, 0.1) is 5.92 Å². The first-order chi connectivity index (χ1) is 11.7. The highest BCUT2D eigenvalue weighted by atomic mass is 16.5. The molecule has 3 rings (SSSR count). The summed E-state index contributed by atoms with van der Waals surface area (Å²) < 4.78 is 5.27. The number of nitrogens with zero attached hydrogens (tertiary/aromatic N) is 1. The van der Waals surface area contributed by atoms with E-state index < -0.39 is 5.92 Å². The Morgan fingerprint density at radius 3 is 2.62 bits per heavy atom. The second-order valence-electron chi connectivity index (χ2n) is 5.70. The van der Waals surface area contributed by atoms with Crippen molar-refractivity contribution in [3.63, 3.8) is 0 Å². The summed E-state index contributed by atoms with van der Waals surface area (Å²) in [6.45, 7) is 0.910. The fourth-order valence-electron chi connectivity index (χ4n) is 2.94. The van der Waals surface area contributed by atoms with Crippen LogP contribution in [0.25, 0.3) is 0 Å². The number of rotatable bonds is 5. The van der Waals surface area contributed by atoms with Gasteiger partial charge in [-0.2, -0.15) is 0 Å². The standard InChI is InChI=1S/C19H20N2O3/c1-24-17-10-6-5-7-14(17)13-20-18(22)16-11-12-21(19(16)23)15-8-3-2-4-9-15/h2-10,16H,11-13H2,1H3,(H,20,22)/t16-/m1/s1. The lowest BCUT2D eigenvalue weighted by Crippen LogP contribution is -2.36. The van der Waals surface area contributed by atoms with E-state index in [2.05, 4.69) is 5.32 Å². The number of anilines is 1. The van der Waals surface area contributed by atoms with Gasteiger partial charge in [-0.3, -0.25) is 9.59 Å². The summed E-state index contributed by atoms with van der Waals surface area (Å²) in [6, 6.07) is 17.0. The molecule has 2 aromatic rings. The minimum atomic E-state index is -0.625. The van der Waals surface area contributed by atoms with Crippen LogP contribution in [0.5, 0.6) is 5.75 Å². The quantitative estimate of drug-likeness (QED) is 0.859. The molecule has 0 radical (unpaired) electrons. The molecule has 0 bridgehead atoms. The Morgan fingerprint density at radius 1 is 1.17 bits per heavy atom. The predicted octanol–water partition coefficient (Wildman–Crippen LogP) is 2.36. The molecule has 2 aromatic carbocycles. The third-order valence-electron chi connectivity index (χ3n) is 4.24. The summed E-state index contributed by atoms with van der Waals surface area (Å²) in [5, 5.41) is 2.85. The minimum Gasteiger partial charge on any atom is -0.496 e. The first-order valence-corrected chi connectivity index (χ1v) is 7.96. The second kappa shape index (κ2) is 7.17. The van der Waals surface area contributed by atoms with Gasteiger partial charge in [0.2, 0.25) is 11.8 Å². The first-order valence-electron chi connectivity index (χ1n) is 7.96. The summed E-state index contributed by atoms with van der Waals surface area (Å²) >= 11 is 0. The van der Waals surface area contributed by atoms with Crippen molar-refractivity contribution >= 4 is 17.5 Å². The largest absolute Gasteiger partial charge is 0.496 e. The number of hydrogen-bond donors (Lipinski definition) is 1. The van der Waals surface area contributed by atoms with Gasteiger partial charge in [0.1, 0.15) is 11.7 Å². The van der Waals surface area contributed by atoms with E-state index in [1.165, 1.54) is 0 Å². The zero-order valence-electron chi connectivity index (χ0n) is 13.6. The molecule has 1 heterocycles. The van der Waals surface area contributed by atoms with Gasteiger partial charge in [0.15, 0.2) is 0 Å². The number of nitrogens with one attached hydrogen (secondary N) is 1. The molecule has 1 aliphatic heterocycles. The zero-order chi connectivity index (χ0) is 16.9. The Kier molecular flexibility index (Phi) is 4.79. The molecule has 24 heavy (non-hydrogen) atoms. The molecule has 2 amide bonds. The highest BCUT2D eigenvalue weighted by Gasteiger charge is 2.37. The molecular formula is C19H20N2O3. The number of carbonyl (C=O) groups is 2. The Labute approximate surface area is 141 Å². The monoisotopic (exact) mass is 324 g/mol. The second-order valence-corrected chi connectivity index (χ2v) is 5.70. The van der Waals surface area contributed by atoms with Crippen molar-refractivity contribution < 1.29 is 14.3 Å². The van der Waals surface area contributed by atoms with Crippen LogP contribution in [0.1, 0.15) is 12.0 Å². The summed E-state index contributed by atoms with van der Waals surface area (Å²) in [7, 11) is 1.60. The van der Waals surface area contributed by atoms with Crippen molar-refractivity contribution in [2.75, 3.05) is 18.6 Å². The lowest BCUT2D eigenvalue weighted by atomic mass is 10.1. The van der Waals surface area contributed by atoms with Crippen molar-refractivity contribution in [2.24, 2.45) is 5.92 Å². The molecule has 0 saturated carbocycles. The van der Waals surface area contributed by atoms with Crippen LogP contribution in [0.4, 0.5) is 5.69 Å². The van der Waals surface area contributed by atoms with E-state index in [4.69, 9.17) is 4.74 Å². The van der Waals surface area contributed by atoms with Crippen LogP contribution >= 0.6 is 0 Å². The fourth-order valence-corrected chi connectivity index (χ4v) is 2.94. The Bertz CT molecular complexity index is 730. The molecule has 0 aromatic heterocycles. The van der Waals surface area contributed by atoms with Crippen molar-refractivity contribution in [3.05, 3.63) is 60.2 Å². The third-order valence-corrected chi connectivity index (χ3v) is 4.24. The highest BCUT2D eigenvalue weighted by molar-refractivity contribution is 6.09. The number of methoxy groups -OCH3 is 1. The molecule has 5 nitrogen and oxygen atoms in total. The van der Waals surface area contributed by atoms with Crippen molar-refractivity contribution in [2.45, 2.75) is 13.0 Å². The summed E-state index contributed by atoms with van der Waals surface area (Å²) in [5.74, 6) is -0.274. The van der Waals surface area contributed by atoms with Crippen LogP contribution in [0.3, 0.4) is 0 Å². The van der Waals surface area contributed by atoms with Crippen LogP contribution in [0.15, 0.2) is 54.6 Å². The van der Waals surface area contributed by atoms with E-state index in [1.54, 1.807) is 12.0 Å². The average molecular weight is 324 g/mol. The van der Waals surface area contributed by atoms with Crippen LogP contribution in [0.2, 0.25) is 0 Å². The van der Waals surface area contributed by atoms with Crippen LogP contribution in [-0.4, -0.2) is 25.5 Å². The topological polar surface area (TPSA) is 58.6 Å². The third kappa shape index (κ3) is 3.25. The van der Waals surface area contributed by atoms with Gasteiger partial charge in [-0.15, -0.1) is 0 Å². The number of benzene rings is 2. The predicted molar refractivity (Wildman–Crippen MR) is 91.7 cm³/mol. The maximum absolute atomic E-state index is 12.5. The Balaban J connectivity index is 1.63. The van der Waals surface area contributed by atoms with Gasteiger partial charge in [-0.05, 0) is 24.6 Å². The molecule has 1 atom stereocenters. The van der Waals surface area contributed by atoms with Crippen LogP contribution < -0.4 is 15.0 Å². The van der Waals surface area contributed by atoms with Crippen molar-refractivity contribution in [1.29, 1.82) is 0 Å². The number of carbonyl (C=O) groups excluding carboxylic acids is 2. The van der Waals surface area contributed by atoms with Crippen molar-refractivity contribution in [3.8, 4) is 5.75 Å². The number of hydrogen-bond acceptors (Lipinski definition) is 3. The molecule has 0 spiro atoms. The van der Waals surface area contributed by atoms with Gasteiger partial charge < -0.3 is 15.0 Å². The molecule has 0 aliphatic carbocycles. The van der Waals surface area contributed by atoms with Gasteiger partial charge in [0, 0.05) is 24.3 Å². The molecule has 1 saturated heterocycles. The highest BCUT2D eigenvalue weighted by Crippen LogP contribution is 2.25. The van der Waals surface area contributed by atoms with Gasteiger partial charge in [-0.1, -0.05) is 36.4 Å². The van der Waals surface area contributed by atoms with E-state index in [0.717, 1.165) is 17.0 Å². The molecular weight excluding hydrogens is 304 g/mol. The summed E-state index contributed by atoms with van der Waals surface area (Å²) in [4.78, 5) is 26.6. The van der Waals surface area contributed by atoms with Gasteiger partial charge in [0.25, 0.3) is 0 Å². The number of para-hydroxylation sites is 2. The Morgan fingerprint density at radius 2 is 1.88 bits per heavy atom. The van der Waals surface area contributed by atoms with Gasteiger partial charge >= 0.3 is 0 Å². The van der Waals surface area contributed by atoms with E-state index in [1.807, 2.05) is 54.6 Å².